The van der Waals surface area contributed by atoms with Gasteiger partial charge in [0.15, 0.2) is 5.78 Å². The lowest BCUT2D eigenvalue weighted by Crippen LogP contribution is -2.14. The number of fused-ring (bicyclic) bond motifs is 1. The Hall–Kier alpha value is -2.50. The van der Waals surface area contributed by atoms with Crippen LogP contribution in [0, 0.1) is 11.8 Å². The number of carbonyl (C=O) groups is 2. The number of hydrogen-bond donors (Lipinski definition) is 2. The predicted molar refractivity (Wildman–Crippen MR) is 117 cm³/mol. The monoisotopic (exact) mass is 410 g/mol. The lowest BCUT2D eigenvalue weighted by molar-refractivity contribution is -0.137. The number of unbranched alkanes of at least 4 members (excludes halogenated alkanes) is 1. The maximum absolute atomic E-state index is 12.4. The Bertz CT molecular complexity index is 933. The first kappa shape index (κ1) is 21.2. The minimum absolute atomic E-state index is 0.0755. The van der Waals surface area contributed by atoms with E-state index in [0.29, 0.717) is 6.42 Å². The average molecular weight is 411 g/mol. The molecular weight excluding hydrogens is 384 g/mol. The molecule has 0 amide bonds. The molecule has 3 atom stereocenters. The summed E-state index contributed by atoms with van der Waals surface area (Å²) in [5.74, 6) is -0.876. The van der Waals surface area contributed by atoms with E-state index >= 15 is 0 Å². The Morgan fingerprint density at radius 2 is 2.07 bits per heavy atom. The van der Waals surface area contributed by atoms with Gasteiger partial charge in [0.1, 0.15) is 6.10 Å². The van der Waals surface area contributed by atoms with Crippen molar-refractivity contribution in [3.63, 3.8) is 0 Å². The van der Waals surface area contributed by atoms with E-state index in [0.717, 1.165) is 33.4 Å². The molecule has 1 aromatic heterocycles. The number of carboxylic acid groups (broad SMARTS) is 1. The van der Waals surface area contributed by atoms with Gasteiger partial charge in [-0.2, -0.15) is 0 Å². The molecule has 4 nitrogen and oxygen atoms in total. The molecule has 2 N–H and O–H groups in total. The smallest absolute Gasteiger partial charge is 0.303 e. The highest BCUT2D eigenvalue weighted by molar-refractivity contribution is 7.19. The molecule has 0 saturated carbocycles. The highest BCUT2D eigenvalue weighted by Crippen LogP contribution is 2.35. The summed E-state index contributed by atoms with van der Waals surface area (Å²) in [7, 11) is 0. The van der Waals surface area contributed by atoms with Crippen LogP contribution in [0.15, 0.2) is 66.3 Å². The quantitative estimate of drug-likeness (QED) is 0.426. The van der Waals surface area contributed by atoms with E-state index < -0.39 is 12.1 Å². The van der Waals surface area contributed by atoms with Crippen LogP contribution in [0.4, 0.5) is 0 Å². The fourth-order valence-corrected chi connectivity index (χ4v) is 4.70. The summed E-state index contributed by atoms with van der Waals surface area (Å²) in [5.41, 5.74) is 1.05. The van der Waals surface area contributed by atoms with Crippen LogP contribution in [0.3, 0.4) is 0 Å². The molecule has 2 aromatic rings. The third-order valence-corrected chi connectivity index (χ3v) is 6.46. The minimum Gasteiger partial charge on any atom is -0.481 e. The van der Waals surface area contributed by atoms with Gasteiger partial charge < -0.3 is 10.2 Å². The molecule has 29 heavy (non-hydrogen) atoms. The van der Waals surface area contributed by atoms with Crippen molar-refractivity contribution in [3.05, 3.63) is 71.2 Å². The second-order valence-corrected chi connectivity index (χ2v) is 8.55. The van der Waals surface area contributed by atoms with Gasteiger partial charge in [0.25, 0.3) is 0 Å². The van der Waals surface area contributed by atoms with Gasteiger partial charge in [-0.25, -0.2) is 0 Å². The Labute approximate surface area is 174 Å². The van der Waals surface area contributed by atoms with Crippen LogP contribution < -0.4 is 0 Å². The van der Waals surface area contributed by atoms with E-state index in [1.807, 2.05) is 55.5 Å². The SMILES string of the molecule is CC1=CC(=O)[C@H](C=CC(O)c2cc3ccccc3s2)[C@H]1CC=CCCCC(=O)O. The van der Waals surface area contributed by atoms with Gasteiger partial charge in [0, 0.05) is 21.9 Å². The molecular formula is C24H26O4S. The first-order valence-corrected chi connectivity index (χ1v) is 10.7. The molecule has 0 bridgehead atoms. The second-order valence-electron chi connectivity index (χ2n) is 7.43. The molecule has 1 unspecified atom stereocenters. The molecule has 152 valence electrons. The van der Waals surface area contributed by atoms with Crippen LogP contribution in [0.25, 0.3) is 10.1 Å². The van der Waals surface area contributed by atoms with Crippen molar-refractivity contribution in [1.82, 2.24) is 0 Å². The summed E-state index contributed by atoms with van der Waals surface area (Å²) in [6, 6.07) is 10.0. The lowest BCUT2D eigenvalue weighted by Gasteiger charge is -2.16. The van der Waals surface area contributed by atoms with E-state index in [1.54, 1.807) is 23.5 Å². The summed E-state index contributed by atoms with van der Waals surface area (Å²) in [5, 5.41) is 20.4. The van der Waals surface area contributed by atoms with Gasteiger partial charge in [-0.1, -0.05) is 48.1 Å². The number of thiophene rings is 1. The van der Waals surface area contributed by atoms with Gasteiger partial charge in [-0.3, -0.25) is 9.59 Å². The lowest BCUT2D eigenvalue weighted by atomic mass is 9.87. The van der Waals surface area contributed by atoms with Crippen LogP contribution in [-0.4, -0.2) is 22.0 Å². The number of aliphatic hydroxyl groups is 1. The van der Waals surface area contributed by atoms with E-state index in [-0.39, 0.29) is 24.0 Å². The third kappa shape index (κ3) is 5.52. The van der Waals surface area contributed by atoms with E-state index in [9.17, 15) is 14.7 Å². The number of aliphatic hydroxyl groups excluding tert-OH is 1. The largest absolute Gasteiger partial charge is 0.481 e. The maximum atomic E-state index is 12.4. The molecule has 0 aliphatic heterocycles. The number of rotatable bonds is 9. The fraction of sp³-hybridized carbons (Fsp3) is 0.333. The van der Waals surface area contributed by atoms with Crippen molar-refractivity contribution in [3.8, 4) is 0 Å². The number of benzene rings is 1. The highest BCUT2D eigenvalue weighted by atomic mass is 32.1. The summed E-state index contributed by atoms with van der Waals surface area (Å²) in [4.78, 5) is 23.8. The van der Waals surface area contributed by atoms with Crippen molar-refractivity contribution in [1.29, 1.82) is 0 Å². The van der Waals surface area contributed by atoms with E-state index in [4.69, 9.17) is 5.11 Å². The number of hydrogen-bond acceptors (Lipinski definition) is 4. The van der Waals surface area contributed by atoms with Crippen molar-refractivity contribution < 1.29 is 19.8 Å². The number of carboxylic acids is 1. The highest BCUT2D eigenvalue weighted by Gasteiger charge is 2.31. The predicted octanol–water partition coefficient (Wildman–Crippen LogP) is 5.45. The second kappa shape index (κ2) is 9.81. The number of ketones is 1. The number of carbonyl (C=O) groups excluding carboxylic acids is 1. The van der Waals surface area contributed by atoms with Crippen molar-refractivity contribution in [2.45, 2.75) is 38.7 Å². The average Bonchev–Trinajstić information content (AvgIpc) is 3.23. The topological polar surface area (TPSA) is 74.6 Å². The molecule has 0 saturated heterocycles. The zero-order valence-electron chi connectivity index (χ0n) is 16.5. The Morgan fingerprint density at radius 3 is 2.83 bits per heavy atom. The van der Waals surface area contributed by atoms with Crippen molar-refractivity contribution in [2.24, 2.45) is 11.8 Å². The maximum Gasteiger partial charge on any atom is 0.303 e. The first-order valence-electron chi connectivity index (χ1n) is 9.89. The summed E-state index contributed by atoms with van der Waals surface area (Å²) in [6.07, 6.45) is 10.8. The van der Waals surface area contributed by atoms with E-state index in [1.165, 1.54) is 0 Å². The molecule has 1 aliphatic carbocycles. The summed E-state index contributed by atoms with van der Waals surface area (Å²) >= 11 is 1.56. The Balaban J connectivity index is 1.61. The Kier molecular flexibility index (Phi) is 7.18. The molecule has 3 rings (SSSR count). The fourth-order valence-electron chi connectivity index (χ4n) is 3.67. The van der Waals surface area contributed by atoms with Crippen molar-refractivity contribution in [2.75, 3.05) is 0 Å². The normalized spacial score (nSPS) is 20.8. The van der Waals surface area contributed by atoms with Crippen LogP contribution in [0.2, 0.25) is 0 Å². The summed E-state index contributed by atoms with van der Waals surface area (Å²) < 4.78 is 1.13. The minimum atomic E-state index is -0.777. The van der Waals surface area contributed by atoms with Crippen molar-refractivity contribution >= 4 is 33.2 Å². The summed E-state index contributed by atoms with van der Waals surface area (Å²) in [6.45, 7) is 1.97. The van der Waals surface area contributed by atoms with Gasteiger partial charge in [-0.05, 0) is 55.7 Å². The van der Waals surface area contributed by atoms with Crippen LogP contribution in [-0.2, 0) is 9.59 Å². The third-order valence-electron chi connectivity index (χ3n) is 5.27. The number of aliphatic carboxylic acids is 1. The van der Waals surface area contributed by atoms with Gasteiger partial charge >= 0.3 is 5.97 Å². The molecule has 1 aliphatic rings. The molecule has 0 fully saturated rings. The molecule has 1 heterocycles. The molecule has 0 radical (unpaired) electrons. The van der Waals surface area contributed by atoms with Gasteiger partial charge in [-0.15, -0.1) is 11.3 Å². The zero-order chi connectivity index (χ0) is 20.8. The first-order chi connectivity index (χ1) is 14.0. The molecule has 5 heteroatoms. The van der Waals surface area contributed by atoms with Gasteiger partial charge in [0.2, 0.25) is 0 Å². The molecule has 1 aromatic carbocycles. The zero-order valence-corrected chi connectivity index (χ0v) is 17.3. The standard InChI is InChI=1S/C24H26O4S/c1-16-14-21(26)19(18(16)9-4-2-3-5-11-24(27)28)12-13-20(25)23-15-17-8-6-7-10-22(17)29-23/h2,4,6-8,10,12-15,18-20,25H,3,5,9,11H2,1H3,(H,27,28)/t18-,19+,20?/m0/s1. The van der Waals surface area contributed by atoms with Crippen LogP contribution in [0.5, 0.6) is 0 Å². The van der Waals surface area contributed by atoms with E-state index in [2.05, 4.69) is 0 Å². The molecule has 0 spiro atoms. The Morgan fingerprint density at radius 1 is 1.28 bits per heavy atom. The van der Waals surface area contributed by atoms with Crippen LogP contribution >= 0.6 is 11.3 Å². The number of allylic oxidation sites excluding steroid dienone is 5. The van der Waals surface area contributed by atoms with Gasteiger partial charge in [0.05, 0.1) is 0 Å². The van der Waals surface area contributed by atoms with Crippen LogP contribution in [0.1, 0.15) is 43.6 Å².